The minimum atomic E-state index is -3.49. The van der Waals surface area contributed by atoms with E-state index in [1.165, 1.54) is 4.31 Å². The number of carbonyl (C=O) groups excluding carboxylic acids is 1. The zero-order valence-electron chi connectivity index (χ0n) is 10.8. The van der Waals surface area contributed by atoms with E-state index < -0.39 is 10.0 Å². The van der Waals surface area contributed by atoms with Crippen LogP contribution in [0.15, 0.2) is 35.2 Å². The van der Waals surface area contributed by atoms with Gasteiger partial charge in [0.25, 0.3) is 0 Å². The van der Waals surface area contributed by atoms with Gasteiger partial charge in [-0.2, -0.15) is 4.31 Å². The molecule has 1 aromatic carbocycles. The summed E-state index contributed by atoms with van der Waals surface area (Å²) in [5.74, 6) is -0.660. The van der Waals surface area contributed by atoms with E-state index in [0.717, 1.165) is 0 Å². The van der Waals surface area contributed by atoms with Crippen molar-refractivity contribution in [1.82, 2.24) is 4.31 Å². The van der Waals surface area contributed by atoms with E-state index in [4.69, 9.17) is 4.74 Å². The Morgan fingerprint density at radius 1 is 1.37 bits per heavy atom. The summed E-state index contributed by atoms with van der Waals surface area (Å²) in [6, 6.07) is 8.27. The number of ether oxygens (including phenoxy) is 1. The summed E-state index contributed by atoms with van der Waals surface area (Å²) < 4.78 is 31.0. The quantitative estimate of drug-likeness (QED) is 0.780. The van der Waals surface area contributed by atoms with Gasteiger partial charge < -0.3 is 4.74 Å². The minimum Gasteiger partial charge on any atom is -0.466 e. The summed E-state index contributed by atoms with van der Waals surface area (Å²) in [7, 11) is -3.49. The van der Waals surface area contributed by atoms with E-state index in [9.17, 15) is 13.2 Å². The third-order valence-corrected chi connectivity index (χ3v) is 5.03. The van der Waals surface area contributed by atoms with Crippen LogP contribution in [-0.2, 0) is 19.6 Å². The van der Waals surface area contributed by atoms with Crippen LogP contribution in [0.2, 0.25) is 0 Å². The highest BCUT2D eigenvalue weighted by Crippen LogP contribution is 2.24. The molecule has 0 saturated carbocycles. The van der Waals surface area contributed by atoms with Gasteiger partial charge in [-0.3, -0.25) is 4.79 Å². The predicted octanol–water partition coefficient (Wildman–Crippen LogP) is 1.26. The summed E-state index contributed by atoms with van der Waals surface area (Å²) in [6.45, 7) is 2.63. The van der Waals surface area contributed by atoms with Crippen LogP contribution in [0.5, 0.6) is 0 Å². The smallest absolute Gasteiger partial charge is 0.310 e. The Balaban J connectivity index is 2.11. The number of esters is 1. The van der Waals surface area contributed by atoms with Crippen molar-refractivity contribution < 1.29 is 17.9 Å². The molecular formula is C13H17NO4S. The summed E-state index contributed by atoms with van der Waals surface area (Å²) in [6.07, 6.45) is 0.519. The summed E-state index contributed by atoms with van der Waals surface area (Å²) in [4.78, 5) is 11.9. The van der Waals surface area contributed by atoms with Gasteiger partial charge in [0.05, 0.1) is 17.4 Å². The molecule has 0 radical (unpaired) electrons. The highest BCUT2D eigenvalue weighted by atomic mass is 32.2. The predicted molar refractivity (Wildman–Crippen MR) is 69.9 cm³/mol. The van der Waals surface area contributed by atoms with Crippen LogP contribution in [0.25, 0.3) is 0 Å². The average Bonchev–Trinajstić information content (AvgIpc) is 2.90. The van der Waals surface area contributed by atoms with Gasteiger partial charge >= 0.3 is 5.97 Å². The van der Waals surface area contributed by atoms with Crippen molar-refractivity contribution in [1.29, 1.82) is 0 Å². The van der Waals surface area contributed by atoms with Crippen LogP contribution in [0, 0.1) is 5.92 Å². The van der Waals surface area contributed by atoms with E-state index >= 15 is 0 Å². The van der Waals surface area contributed by atoms with Crippen molar-refractivity contribution in [2.75, 3.05) is 19.7 Å². The molecule has 0 aliphatic carbocycles. The molecule has 0 bridgehead atoms. The second-order valence-electron chi connectivity index (χ2n) is 4.41. The van der Waals surface area contributed by atoms with Gasteiger partial charge in [0, 0.05) is 13.1 Å². The normalized spacial score (nSPS) is 20.4. The van der Waals surface area contributed by atoms with Gasteiger partial charge in [-0.15, -0.1) is 0 Å². The van der Waals surface area contributed by atoms with E-state index in [0.29, 0.717) is 19.6 Å². The van der Waals surface area contributed by atoms with Crippen molar-refractivity contribution in [2.24, 2.45) is 5.92 Å². The molecule has 104 valence electrons. The second-order valence-corrected chi connectivity index (χ2v) is 6.35. The van der Waals surface area contributed by atoms with Crippen LogP contribution in [-0.4, -0.2) is 38.4 Å². The van der Waals surface area contributed by atoms with Gasteiger partial charge in [0.2, 0.25) is 10.0 Å². The van der Waals surface area contributed by atoms with Gasteiger partial charge in [-0.05, 0) is 25.5 Å². The molecule has 0 aromatic heterocycles. The van der Waals surface area contributed by atoms with Crippen LogP contribution < -0.4 is 0 Å². The van der Waals surface area contributed by atoms with Crippen LogP contribution in [0.4, 0.5) is 0 Å². The number of hydrogen-bond donors (Lipinski definition) is 0. The number of sulfonamides is 1. The Morgan fingerprint density at radius 3 is 2.68 bits per heavy atom. The lowest BCUT2D eigenvalue weighted by atomic mass is 10.1. The molecule has 1 unspecified atom stereocenters. The van der Waals surface area contributed by atoms with Crippen molar-refractivity contribution in [2.45, 2.75) is 18.2 Å². The highest BCUT2D eigenvalue weighted by Gasteiger charge is 2.36. The zero-order chi connectivity index (χ0) is 13.9. The fourth-order valence-electron chi connectivity index (χ4n) is 2.14. The Bertz CT molecular complexity index is 541. The number of rotatable bonds is 4. The van der Waals surface area contributed by atoms with Crippen LogP contribution >= 0.6 is 0 Å². The molecule has 1 saturated heterocycles. The number of benzene rings is 1. The first kappa shape index (κ1) is 14.0. The fourth-order valence-corrected chi connectivity index (χ4v) is 3.66. The molecule has 1 aromatic rings. The molecule has 1 heterocycles. The summed E-state index contributed by atoms with van der Waals surface area (Å²) in [5, 5.41) is 0. The maximum Gasteiger partial charge on any atom is 0.310 e. The van der Waals surface area contributed by atoms with Crippen molar-refractivity contribution in [3.8, 4) is 0 Å². The summed E-state index contributed by atoms with van der Waals surface area (Å²) >= 11 is 0. The van der Waals surface area contributed by atoms with E-state index in [2.05, 4.69) is 0 Å². The highest BCUT2D eigenvalue weighted by molar-refractivity contribution is 7.89. The standard InChI is InChI=1S/C13H17NO4S/c1-2-18-13(15)11-8-9-14(10-11)19(16,17)12-6-4-3-5-7-12/h3-7,11H,2,8-10H2,1H3. The van der Waals surface area contributed by atoms with Gasteiger partial charge in [-0.25, -0.2) is 8.42 Å². The second kappa shape index (κ2) is 5.71. The van der Waals surface area contributed by atoms with Gasteiger partial charge in [-0.1, -0.05) is 18.2 Å². The Morgan fingerprint density at radius 2 is 2.05 bits per heavy atom. The Labute approximate surface area is 113 Å². The Kier molecular flexibility index (Phi) is 4.21. The third-order valence-electron chi connectivity index (χ3n) is 3.15. The first-order valence-corrected chi connectivity index (χ1v) is 7.71. The molecule has 5 nitrogen and oxygen atoms in total. The maximum atomic E-state index is 12.3. The largest absolute Gasteiger partial charge is 0.466 e. The zero-order valence-corrected chi connectivity index (χ0v) is 11.6. The monoisotopic (exact) mass is 283 g/mol. The molecule has 1 fully saturated rings. The van der Waals surface area contributed by atoms with Gasteiger partial charge in [0.15, 0.2) is 0 Å². The lowest BCUT2D eigenvalue weighted by Crippen LogP contribution is -2.30. The molecule has 0 spiro atoms. The average molecular weight is 283 g/mol. The molecule has 19 heavy (non-hydrogen) atoms. The lowest BCUT2D eigenvalue weighted by Gasteiger charge is -2.16. The third kappa shape index (κ3) is 2.96. The van der Waals surface area contributed by atoms with Crippen molar-refractivity contribution >= 4 is 16.0 Å². The lowest BCUT2D eigenvalue weighted by molar-refractivity contribution is -0.147. The van der Waals surface area contributed by atoms with E-state index in [-0.39, 0.29) is 23.3 Å². The minimum absolute atomic E-state index is 0.204. The molecule has 1 aliphatic heterocycles. The maximum absolute atomic E-state index is 12.3. The molecule has 0 amide bonds. The first-order chi connectivity index (χ1) is 9.05. The molecular weight excluding hydrogens is 266 g/mol. The fraction of sp³-hybridized carbons (Fsp3) is 0.462. The van der Waals surface area contributed by atoms with Crippen LogP contribution in [0.1, 0.15) is 13.3 Å². The number of hydrogen-bond acceptors (Lipinski definition) is 4. The van der Waals surface area contributed by atoms with E-state index in [1.807, 2.05) is 0 Å². The molecule has 1 aliphatic rings. The SMILES string of the molecule is CCOC(=O)C1CCN(S(=O)(=O)c2ccccc2)C1. The van der Waals surface area contributed by atoms with E-state index in [1.54, 1.807) is 37.3 Å². The number of carbonyl (C=O) groups is 1. The molecule has 1 atom stereocenters. The molecule has 6 heteroatoms. The Hall–Kier alpha value is -1.40. The van der Waals surface area contributed by atoms with Gasteiger partial charge in [0.1, 0.15) is 0 Å². The van der Waals surface area contributed by atoms with Crippen molar-refractivity contribution in [3.05, 3.63) is 30.3 Å². The summed E-state index contributed by atoms with van der Waals surface area (Å²) in [5.41, 5.74) is 0. The molecule has 0 N–H and O–H groups in total. The topological polar surface area (TPSA) is 63.7 Å². The first-order valence-electron chi connectivity index (χ1n) is 6.27. The van der Waals surface area contributed by atoms with Crippen LogP contribution in [0.3, 0.4) is 0 Å². The number of nitrogens with zero attached hydrogens (tertiary/aromatic N) is 1. The van der Waals surface area contributed by atoms with Crippen molar-refractivity contribution in [3.63, 3.8) is 0 Å². The molecule has 2 rings (SSSR count).